The van der Waals surface area contributed by atoms with Crippen LogP contribution in [-0.4, -0.2) is 31.3 Å². The molecule has 0 aromatic rings. The summed E-state index contributed by atoms with van der Waals surface area (Å²) in [7, 11) is 1.92. The molecule has 2 N–H and O–H groups in total. The molecule has 2 atom stereocenters. The Balaban J connectivity index is 2.54. The zero-order valence-corrected chi connectivity index (χ0v) is 16.5. The van der Waals surface area contributed by atoms with Crippen LogP contribution in [0.25, 0.3) is 0 Å². The van der Waals surface area contributed by atoms with Gasteiger partial charge in [0.25, 0.3) is 0 Å². The second-order valence-electron chi connectivity index (χ2n) is 6.69. The van der Waals surface area contributed by atoms with Crippen molar-refractivity contribution < 1.29 is 4.79 Å². The predicted octanol–water partition coefficient (Wildman–Crippen LogP) is 4.17. The molecule has 2 unspecified atom stereocenters. The van der Waals surface area contributed by atoms with Gasteiger partial charge in [-0.3, -0.25) is 9.79 Å². The number of rotatable bonds is 9. The number of likely N-dealkylation sites (N-methyl/N-ethyl adjacent to an activating group) is 1. The van der Waals surface area contributed by atoms with Crippen LogP contribution in [0, 0.1) is 5.92 Å². The van der Waals surface area contributed by atoms with Crippen molar-refractivity contribution in [1.82, 2.24) is 10.6 Å². The Labute approximate surface area is 151 Å². The van der Waals surface area contributed by atoms with Crippen molar-refractivity contribution in [3.63, 3.8) is 0 Å². The maximum Gasteiger partial charge on any atom is 0.220 e. The molecule has 0 spiro atoms. The van der Waals surface area contributed by atoms with Gasteiger partial charge in [-0.2, -0.15) is 0 Å². The summed E-state index contributed by atoms with van der Waals surface area (Å²) in [6.07, 6.45) is 5.94. The highest BCUT2D eigenvalue weighted by Crippen LogP contribution is 2.26. The quantitative estimate of drug-likeness (QED) is 0.611. The monoisotopic (exact) mass is 353 g/mol. The average molecular weight is 354 g/mol. The van der Waals surface area contributed by atoms with Crippen molar-refractivity contribution in [3.05, 3.63) is 22.4 Å². The molecule has 0 heterocycles. The molecule has 1 aliphatic rings. The number of carbonyl (C=O) groups is 1. The standard InChI is InChI=1S/C19H32ClN3O/c1-6-13(2)18(12-21-5)23-19(24)10-7-15(4)22-17-9-8-16(20)11-14(17)3/h11,13,18,21H,6-10,12H2,1-5H3,(H,23,24). The van der Waals surface area contributed by atoms with Crippen molar-refractivity contribution in [3.8, 4) is 0 Å². The Morgan fingerprint density at radius 2 is 2.08 bits per heavy atom. The number of halogens is 1. The first kappa shape index (κ1) is 20.9. The van der Waals surface area contributed by atoms with Crippen LogP contribution in [0.4, 0.5) is 0 Å². The van der Waals surface area contributed by atoms with Crippen LogP contribution in [0.2, 0.25) is 0 Å². The number of carbonyl (C=O) groups excluding carboxylic acids is 1. The van der Waals surface area contributed by atoms with Gasteiger partial charge in [-0.25, -0.2) is 0 Å². The van der Waals surface area contributed by atoms with E-state index >= 15 is 0 Å². The highest BCUT2D eigenvalue weighted by molar-refractivity contribution is 6.29. The Hall–Kier alpha value is -1.13. The van der Waals surface area contributed by atoms with Gasteiger partial charge in [0.1, 0.15) is 0 Å². The summed E-state index contributed by atoms with van der Waals surface area (Å²) in [6.45, 7) is 9.15. The number of hydrogen-bond donors (Lipinski definition) is 2. The van der Waals surface area contributed by atoms with Crippen molar-refractivity contribution in [2.45, 2.75) is 65.8 Å². The van der Waals surface area contributed by atoms with Crippen LogP contribution < -0.4 is 10.6 Å². The molecule has 0 saturated carbocycles. The molecule has 1 amide bonds. The van der Waals surface area contributed by atoms with Gasteiger partial charge >= 0.3 is 0 Å². The van der Waals surface area contributed by atoms with Gasteiger partial charge in [0.05, 0.1) is 0 Å². The zero-order chi connectivity index (χ0) is 18.1. The first-order chi connectivity index (χ1) is 11.4. The van der Waals surface area contributed by atoms with Crippen molar-refractivity contribution in [2.75, 3.05) is 13.6 Å². The van der Waals surface area contributed by atoms with Gasteiger partial charge in [-0.15, -0.1) is 0 Å². The van der Waals surface area contributed by atoms with E-state index < -0.39 is 0 Å². The molecule has 4 nitrogen and oxygen atoms in total. The number of aliphatic imine (C=N–C) groups is 1. The first-order valence-electron chi connectivity index (χ1n) is 8.91. The Morgan fingerprint density at radius 3 is 2.67 bits per heavy atom. The topological polar surface area (TPSA) is 53.5 Å². The van der Waals surface area contributed by atoms with Crippen LogP contribution in [-0.2, 0) is 4.79 Å². The molecule has 1 aliphatic carbocycles. The van der Waals surface area contributed by atoms with E-state index in [1.807, 2.05) is 27.0 Å². The summed E-state index contributed by atoms with van der Waals surface area (Å²) in [5.74, 6) is 0.560. The normalized spacial score (nSPS) is 18.2. The zero-order valence-electron chi connectivity index (χ0n) is 15.7. The SMILES string of the molecule is CCC(C)C(CNC)NC(=O)CCC(C)=NC1=C(C)C=C(Cl)CC1. The predicted molar refractivity (Wildman–Crippen MR) is 104 cm³/mol. The Kier molecular flexibility index (Phi) is 9.30. The number of amides is 1. The molecule has 24 heavy (non-hydrogen) atoms. The number of nitrogens with zero attached hydrogens (tertiary/aromatic N) is 1. The van der Waals surface area contributed by atoms with E-state index in [4.69, 9.17) is 16.6 Å². The first-order valence-corrected chi connectivity index (χ1v) is 9.29. The van der Waals surface area contributed by atoms with Crippen molar-refractivity contribution in [2.24, 2.45) is 10.9 Å². The molecule has 0 fully saturated rings. The third-order valence-corrected chi connectivity index (χ3v) is 4.87. The minimum absolute atomic E-state index is 0.0994. The molecule has 0 bridgehead atoms. The van der Waals surface area contributed by atoms with Crippen LogP contribution in [0.15, 0.2) is 27.4 Å². The minimum atomic E-state index is 0.0994. The van der Waals surface area contributed by atoms with E-state index in [1.165, 1.54) is 0 Å². The van der Waals surface area contributed by atoms with Crippen molar-refractivity contribution in [1.29, 1.82) is 0 Å². The molecule has 0 aliphatic heterocycles. The van der Waals surface area contributed by atoms with E-state index in [0.717, 1.165) is 47.8 Å². The molecular weight excluding hydrogens is 322 g/mol. The van der Waals surface area contributed by atoms with Gasteiger partial charge in [0.2, 0.25) is 5.91 Å². The van der Waals surface area contributed by atoms with Crippen LogP contribution in [0.5, 0.6) is 0 Å². The molecule has 0 radical (unpaired) electrons. The lowest BCUT2D eigenvalue weighted by molar-refractivity contribution is -0.122. The summed E-state index contributed by atoms with van der Waals surface area (Å²) >= 11 is 6.05. The largest absolute Gasteiger partial charge is 0.352 e. The number of allylic oxidation sites excluding steroid dienone is 4. The lowest BCUT2D eigenvalue weighted by Gasteiger charge is -2.24. The summed E-state index contributed by atoms with van der Waals surface area (Å²) in [5.41, 5.74) is 3.21. The maximum atomic E-state index is 12.2. The van der Waals surface area contributed by atoms with E-state index in [9.17, 15) is 4.79 Å². The summed E-state index contributed by atoms with van der Waals surface area (Å²) in [4.78, 5) is 16.9. The van der Waals surface area contributed by atoms with Crippen LogP contribution in [0.1, 0.15) is 59.8 Å². The molecule has 1 rings (SSSR count). The molecule has 136 valence electrons. The fourth-order valence-corrected chi connectivity index (χ4v) is 2.99. The highest BCUT2D eigenvalue weighted by Gasteiger charge is 2.17. The molecule has 0 saturated heterocycles. The highest BCUT2D eigenvalue weighted by atomic mass is 35.5. The van der Waals surface area contributed by atoms with E-state index in [1.54, 1.807) is 0 Å². The summed E-state index contributed by atoms with van der Waals surface area (Å²) in [5, 5.41) is 7.19. The van der Waals surface area contributed by atoms with Gasteiger partial charge < -0.3 is 10.6 Å². The number of hydrogen-bond acceptors (Lipinski definition) is 3. The maximum absolute atomic E-state index is 12.2. The second-order valence-corrected chi connectivity index (χ2v) is 7.17. The number of nitrogens with one attached hydrogen (secondary N) is 2. The smallest absolute Gasteiger partial charge is 0.220 e. The van der Waals surface area contributed by atoms with E-state index in [0.29, 0.717) is 18.8 Å². The third-order valence-electron chi connectivity index (χ3n) is 4.57. The Morgan fingerprint density at radius 1 is 1.38 bits per heavy atom. The molecule has 0 aromatic carbocycles. The molecule has 5 heteroatoms. The third kappa shape index (κ3) is 7.18. The lowest BCUT2D eigenvalue weighted by Crippen LogP contribution is -2.45. The van der Waals surface area contributed by atoms with Gasteiger partial charge in [0, 0.05) is 35.4 Å². The Bertz CT molecular complexity index is 523. The van der Waals surface area contributed by atoms with Crippen molar-refractivity contribution >= 4 is 23.2 Å². The van der Waals surface area contributed by atoms with Gasteiger partial charge in [0.15, 0.2) is 0 Å². The summed E-state index contributed by atoms with van der Waals surface area (Å²) in [6, 6.07) is 0.181. The average Bonchev–Trinajstić information content (AvgIpc) is 2.54. The van der Waals surface area contributed by atoms with E-state index in [2.05, 4.69) is 24.5 Å². The molecule has 0 aromatic heterocycles. The van der Waals surface area contributed by atoms with E-state index in [-0.39, 0.29) is 11.9 Å². The van der Waals surface area contributed by atoms with Gasteiger partial charge in [-0.1, -0.05) is 31.9 Å². The fourth-order valence-electron chi connectivity index (χ4n) is 2.73. The summed E-state index contributed by atoms with van der Waals surface area (Å²) < 4.78 is 0. The second kappa shape index (κ2) is 10.7. The van der Waals surface area contributed by atoms with Gasteiger partial charge in [-0.05, 0) is 57.7 Å². The van der Waals surface area contributed by atoms with Crippen LogP contribution in [0.3, 0.4) is 0 Å². The fraction of sp³-hybridized carbons (Fsp3) is 0.684. The minimum Gasteiger partial charge on any atom is -0.352 e. The van der Waals surface area contributed by atoms with Crippen LogP contribution >= 0.6 is 11.6 Å². The molecular formula is C19H32ClN3O. The lowest BCUT2D eigenvalue weighted by atomic mass is 9.99.